The number of imidazole rings is 1. The number of hydrogen-bond donors (Lipinski definition) is 1. The number of rotatable bonds is 10. The zero-order valence-electron chi connectivity index (χ0n) is 18.5. The minimum absolute atomic E-state index is 0.0468. The highest BCUT2D eigenvalue weighted by Crippen LogP contribution is 2.18. The van der Waals surface area contributed by atoms with Crippen LogP contribution in [0.3, 0.4) is 0 Å². The number of para-hydroxylation sites is 3. The van der Waals surface area contributed by atoms with Crippen molar-refractivity contribution in [2.75, 3.05) is 13.2 Å². The van der Waals surface area contributed by atoms with Gasteiger partial charge in [-0.2, -0.15) is 0 Å². The van der Waals surface area contributed by atoms with E-state index in [2.05, 4.69) is 16.0 Å². The maximum Gasteiger partial charge on any atom is 0.251 e. The van der Waals surface area contributed by atoms with Gasteiger partial charge in [-0.05, 0) is 56.2 Å². The van der Waals surface area contributed by atoms with Gasteiger partial charge in [-0.3, -0.25) is 4.79 Å². The highest BCUT2D eigenvalue weighted by Gasteiger charge is 2.11. The Balaban J connectivity index is 1.34. The Labute approximate surface area is 189 Å². The Morgan fingerprint density at radius 2 is 1.78 bits per heavy atom. The van der Waals surface area contributed by atoms with E-state index in [9.17, 15) is 4.79 Å². The van der Waals surface area contributed by atoms with Crippen LogP contribution in [0.5, 0.6) is 5.75 Å². The molecule has 5 nitrogen and oxygen atoms in total. The molecule has 0 aliphatic heterocycles. The Morgan fingerprint density at radius 1 is 0.969 bits per heavy atom. The largest absolute Gasteiger partial charge is 0.494 e. The van der Waals surface area contributed by atoms with Crippen LogP contribution in [0.1, 0.15) is 34.6 Å². The molecule has 1 amide bonds. The summed E-state index contributed by atoms with van der Waals surface area (Å²) >= 11 is 0. The fourth-order valence-electron chi connectivity index (χ4n) is 3.82. The molecule has 0 bridgehead atoms. The molecule has 164 valence electrons. The molecule has 0 radical (unpaired) electrons. The van der Waals surface area contributed by atoms with E-state index in [0.29, 0.717) is 25.1 Å². The van der Waals surface area contributed by atoms with E-state index in [-0.39, 0.29) is 5.91 Å². The fourth-order valence-corrected chi connectivity index (χ4v) is 3.82. The molecule has 0 fully saturated rings. The average molecular weight is 428 g/mol. The Hall–Kier alpha value is -3.60. The summed E-state index contributed by atoms with van der Waals surface area (Å²) in [5.74, 6) is 1.86. The van der Waals surface area contributed by atoms with Gasteiger partial charge in [-0.15, -0.1) is 0 Å². The molecule has 0 atom stereocenters. The number of carbonyl (C=O) groups is 1. The molecular weight excluding hydrogens is 398 g/mol. The van der Waals surface area contributed by atoms with Crippen molar-refractivity contribution < 1.29 is 9.53 Å². The van der Waals surface area contributed by atoms with Crippen molar-refractivity contribution >= 4 is 16.9 Å². The van der Waals surface area contributed by atoms with Crippen LogP contribution in [0.15, 0.2) is 78.9 Å². The average Bonchev–Trinajstić information content (AvgIpc) is 3.17. The maximum atomic E-state index is 12.5. The number of benzene rings is 3. The van der Waals surface area contributed by atoms with Crippen molar-refractivity contribution in [3.8, 4) is 5.75 Å². The van der Waals surface area contributed by atoms with Gasteiger partial charge in [0.15, 0.2) is 0 Å². The van der Waals surface area contributed by atoms with Crippen LogP contribution in [-0.4, -0.2) is 28.6 Å². The number of amides is 1. The SMILES string of the molecule is Cc1cccc(C(=O)NCCc2nc3ccccc3n2CCCCOc2ccccc2)c1. The Kier molecular flexibility index (Phi) is 7.18. The number of nitrogens with zero attached hydrogens (tertiary/aromatic N) is 2. The molecule has 1 N–H and O–H groups in total. The van der Waals surface area contributed by atoms with Crippen molar-refractivity contribution in [1.82, 2.24) is 14.9 Å². The number of unbranched alkanes of at least 4 members (excludes halogenated alkanes) is 1. The highest BCUT2D eigenvalue weighted by molar-refractivity contribution is 5.94. The number of nitrogens with one attached hydrogen (secondary N) is 1. The molecule has 1 heterocycles. The van der Waals surface area contributed by atoms with Gasteiger partial charge in [0.25, 0.3) is 5.91 Å². The van der Waals surface area contributed by atoms with E-state index in [1.165, 1.54) is 0 Å². The van der Waals surface area contributed by atoms with Crippen LogP contribution in [-0.2, 0) is 13.0 Å². The minimum Gasteiger partial charge on any atom is -0.494 e. The Bertz CT molecular complexity index is 1170. The lowest BCUT2D eigenvalue weighted by molar-refractivity contribution is 0.0954. The molecule has 0 unspecified atom stereocenters. The zero-order chi connectivity index (χ0) is 22.2. The molecule has 4 rings (SSSR count). The molecule has 0 saturated carbocycles. The molecule has 0 saturated heterocycles. The van der Waals surface area contributed by atoms with Gasteiger partial charge in [0.2, 0.25) is 0 Å². The van der Waals surface area contributed by atoms with Crippen LogP contribution in [0.25, 0.3) is 11.0 Å². The summed E-state index contributed by atoms with van der Waals surface area (Å²) in [6, 6.07) is 25.8. The molecule has 4 aromatic rings. The minimum atomic E-state index is -0.0468. The van der Waals surface area contributed by atoms with E-state index in [1.807, 2.05) is 79.7 Å². The normalized spacial score (nSPS) is 10.9. The van der Waals surface area contributed by atoms with Gasteiger partial charge in [0.05, 0.1) is 17.6 Å². The second kappa shape index (κ2) is 10.6. The van der Waals surface area contributed by atoms with Crippen molar-refractivity contribution in [2.45, 2.75) is 32.7 Å². The summed E-state index contributed by atoms with van der Waals surface area (Å²) in [7, 11) is 0. The third kappa shape index (κ3) is 5.55. The quantitative estimate of drug-likeness (QED) is 0.355. The van der Waals surface area contributed by atoms with Gasteiger partial charge < -0.3 is 14.6 Å². The van der Waals surface area contributed by atoms with Gasteiger partial charge >= 0.3 is 0 Å². The molecule has 1 aromatic heterocycles. The number of hydrogen-bond acceptors (Lipinski definition) is 3. The Morgan fingerprint density at radius 3 is 2.62 bits per heavy atom. The van der Waals surface area contributed by atoms with Crippen molar-refractivity contribution in [3.63, 3.8) is 0 Å². The molecule has 0 aliphatic rings. The lowest BCUT2D eigenvalue weighted by atomic mass is 10.1. The molecule has 32 heavy (non-hydrogen) atoms. The van der Waals surface area contributed by atoms with Gasteiger partial charge in [0.1, 0.15) is 11.6 Å². The van der Waals surface area contributed by atoms with E-state index < -0.39 is 0 Å². The lowest BCUT2D eigenvalue weighted by Crippen LogP contribution is -2.26. The molecule has 0 aliphatic carbocycles. The third-order valence-corrected chi connectivity index (χ3v) is 5.44. The topological polar surface area (TPSA) is 56.2 Å². The van der Waals surface area contributed by atoms with E-state index in [1.54, 1.807) is 0 Å². The van der Waals surface area contributed by atoms with Crippen molar-refractivity contribution in [1.29, 1.82) is 0 Å². The predicted molar refractivity (Wildman–Crippen MR) is 128 cm³/mol. The molecular formula is C27H29N3O2. The molecule has 3 aromatic carbocycles. The first-order valence-electron chi connectivity index (χ1n) is 11.2. The lowest BCUT2D eigenvalue weighted by Gasteiger charge is -2.11. The number of fused-ring (bicyclic) bond motifs is 1. The summed E-state index contributed by atoms with van der Waals surface area (Å²) in [5.41, 5.74) is 3.90. The number of carbonyl (C=O) groups excluding carboxylic acids is 1. The van der Waals surface area contributed by atoms with E-state index in [4.69, 9.17) is 9.72 Å². The summed E-state index contributed by atoms with van der Waals surface area (Å²) < 4.78 is 8.09. The number of ether oxygens (including phenoxy) is 1. The monoisotopic (exact) mass is 427 g/mol. The predicted octanol–water partition coefficient (Wildman–Crippen LogP) is 5.18. The number of aromatic nitrogens is 2. The summed E-state index contributed by atoms with van der Waals surface area (Å²) in [5, 5.41) is 3.03. The maximum absolute atomic E-state index is 12.5. The zero-order valence-corrected chi connectivity index (χ0v) is 18.5. The van der Waals surface area contributed by atoms with Crippen LogP contribution in [0.2, 0.25) is 0 Å². The summed E-state index contributed by atoms with van der Waals surface area (Å²) in [6.07, 6.45) is 2.65. The van der Waals surface area contributed by atoms with Crippen molar-refractivity contribution in [3.05, 3.63) is 95.8 Å². The standard InChI is InChI=1S/C27H29N3O2/c1-21-10-9-11-22(20-21)27(31)28-17-16-26-29-24-14-5-6-15-25(24)30(26)18-7-8-19-32-23-12-3-2-4-13-23/h2-6,9-15,20H,7-8,16-19H2,1H3,(H,28,31). The first-order valence-corrected chi connectivity index (χ1v) is 11.2. The van der Waals surface area contributed by atoms with Crippen molar-refractivity contribution in [2.24, 2.45) is 0 Å². The highest BCUT2D eigenvalue weighted by atomic mass is 16.5. The molecule has 0 spiro atoms. The second-order valence-electron chi connectivity index (χ2n) is 7.91. The first-order chi connectivity index (χ1) is 15.7. The van der Waals surface area contributed by atoms with E-state index in [0.717, 1.165) is 47.6 Å². The van der Waals surface area contributed by atoms with Gasteiger partial charge in [0, 0.05) is 25.1 Å². The summed E-state index contributed by atoms with van der Waals surface area (Å²) in [6.45, 7) is 4.11. The second-order valence-corrected chi connectivity index (χ2v) is 7.91. The fraction of sp³-hybridized carbons (Fsp3) is 0.259. The van der Waals surface area contributed by atoms with E-state index >= 15 is 0 Å². The third-order valence-electron chi connectivity index (χ3n) is 5.44. The summed E-state index contributed by atoms with van der Waals surface area (Å²) in [4.78, 5) is 17.3. The van der Waals surface area contributed by atoms with Crippen LogP contribution in [0, 0.1) is 6.92 Å². The molecule has 5 heteroatoms. The van der Waals surface area contributed by atoms with Crippen LogP contribution >= 0.6 is 0 Å². The van der Waals surface area contributed by atoms with Crippen LogP contribution in [0.4, 0.5) is 0 Å². The smallest absolute Gasteiger partial charge is 0.251 e. The van der Waals surface area contributed by atoms with Gasteiger partial charge in [-0.1, -0.05) is 48.0 Å². The number of aryl methyl sites for hydroxylation is 2. The van der Waals surface area contributed by atoms with Crippen LogP contribution < -0.4 is 10.1 Å². The van der Waals surface area contributed by atoms with Gasteiger partial charge in [-0.25, -0.2) is 4.98 Å². The first kappa shape index (κ1) is 21.6.